The Balaban J connectivity index is 2.11. The first-order chi connectivity index (χ1) is 11.2. The Morgan fingerprint density at radius 2 is 1.92 bits per heavy atom. The van der Waals surface area contributed by atoms with Gasteiger partial charge < -0.3 is 9.64 Å². The maximum absolute atomic E-state index is 12.8. The summed E-state index contributed by atoms with van der Waals surface area (Å²) in [5, 5.41) is 8.73. The van der Waals surface area contributed by atoms with Gasteiger partial charge in [-0.3, -0.25) is 9.59 Å². The number of carbonyl (C=O) groups is 2. The van der Waals surface area contributed by atoms with E-state index in [1.54, 1.807) is 0 Å². The zero-order valence-corrected chi connectivity index (χ0v) is 12.8. The summed E-state index contributed by atoms with van der Waals surface area (Å²) in [6.45, 7) is -1.63. The van der Waals surface area contributed by atoms with Crippen molar-refractivity contribution < 1.29 is 27.5 Å². The van der Waals surface area contributed by atoms with Crippen LogP contribution in [-0.2, 0) is 20.9 Å². The molecular formula is C16H15F3N2O3. The molecule has 1 aliphatic rings. The molecule has 1 saturated carbocycles. The molecule has 1 aromatic rings. The highest BCUT2D eigenvalue weighted by Gasteiger charge is 2.51. The summed E-state index contributed by atoms with van der Waals surface area (Å²) in [6, 6.07) is 7.85. The van der Waals surface area contributed by atoms with Crippen molar-refractivity contribution >= 4 is 11.9 Å². The van der Waals surface area contributed by atoms with Crippen LogP contribution in [0.25, 0.3) is 0 Å². The topological polar surface area (TPSA) is 70.4 Å². The Bertz CT molecular complexity index is 665. The summed E-state index contributed by atoms with van der Waals surface area (Å²) in [4.78, 5) is 24.4. The van der Waals surface area contributed by atoms with E-state index in [0.29, 0.717) is 16.0 Å². The summed E-state index contributed by atoms with van der Waals surface area (Å²) in [5.41, 5.74) is 0.849. The largest absolute Gasteiger partial charge is 0.469 e. The van der Waals surface area contributed by atoms with E-state index in [1.165, 1.54) is 31.4 Å². The van der Waals surface area contributed by atoms with Crippen LogP contribution in [0.5, 0.6) is 0 Å². The summed E-state index contributed by atoms with van der Waals surface area (Å²) < 4.78 is 42.8. The van der Waals surface area contributed by atoms with Gasteiger partial charge in [-0.2, -0.15) is 18.4 Å². The van der Waals surface area contributed by atoms with Crippen molar-refractivity contribution in [3.05, 3.63) is 35.4 Å². The molecule has 1 amide bonds. The first-order valence-corrected chi connectivity index (χ1v) is 7.17. The van der Waals surface area contributed by atoms with Crippen molar-refractivity contribution in [3.8, 4) is 6.07 Å². The van der Waals surface area contributed by atoms with Crippen molar-refractivity contribution in [1.29, 1.82) is 5.26 Å². The van der Waals surface area contributed by atoms with Crippen molar-refractivity contribution in [2.75, 3.05) is 13.7 Å². The Hall–Kier alpha value is -2.56. The minimum Gasteiger partial charge on any atom is -0.469 e. The number of esters is 1. The van der Waals surface area contributed by atoms with Crippen LogP contribution >= 0.6 is 0 Å². The molecule has 0 saturated heterocycles. The molecule has 1 fully saturated rings. The average Bonchev–Trinajstić information content (AvgIpc) is 3.33. The summed E-state index contributed by atoms with van der Waals surface area (Å²) in [5.74, 6) is -2.73. The number of carbonyl (C=O) groups excluding carboxylic acids is 2. The van der Waals surface area contributed by atoms with E-state index in [1.807, 2.05) is 6.07 Å². The van der Waals surface area contributed by atoms with Crippen LogP contribution in [0.15, 0.2) is 24.3 Å². The molecule has 1 aliphatic carbocycles. The number of rotatable bonds is 5. The van der Waals surface area contributed by atoms with Crippen LogP contribution in [0.1, 0.15) is 17.5 Å². The molecule has 2 rings (SSSR count). The standard InChI is InChI=1S/C16H15F3N2O3/c1-24-15(23)13-6-12(13)14(22)21(9-16(17,18)19)8-11-4-2-10(7-20)3-5-11/h2-5,12-13H,6,8-9H2,1H3/t12-,13-/m1/s1. The first kappa shape index (κ1) is 17.8. The third-order valence-electron chi connectivity index (χ3n) is 3.75. The van der Waals surface area contributed by atoms with Crippen molar-refractivity contribution in [3.63, 3.8) is 0 Å². The van der Waals surface area contributed by atoms with E-state index >= 15 is 0 Å². The number of alkyl halides is 3. The maximum atomic E-state index is 12.8. The molecule has 2 atom stereocenters. The van der Waals surface area contributed by atoms with Gasteiger partial charge in [0.1, 0.15) is 6.54 Å². The van der Waals surface area contributed by atoms with Crippen molar-refractivity contribution in [2.24, 2.45) is 11.8 Å². The molecule has 0 spiro atoms. The molecule has 8 heteroatoms. The van der Waals surface area contributed by atoms with Gasteiger partial charge in [0.15, 0.2) is 0 Å². The van der Waals surface area contributed by atoms with Gasteiger partial charge >= 0.3 is 12.1 Å². The third-order valence-corrected chi connectivity index (χ3v) is 3.75. The second-order valence-electron chi connectivity index (χ2n) is 5.59. The number of ether oxygens (including phenoxy) is 1. The number of nitrogens with zero attached hydrogens (tertiary/aromatic N) is 2. The second-order valence-corrected chi connectivity index (χ2v) is 5.59. The Kier molecular flexibility index (Phi) is 5.12. The molecular weight excluding hydrogens is 325 g/mol. The van der Waals surface area contributed by atoms with Crippen molar-refractivity contribution in [2.45, 2.75) is 19.1 Å². The van der Waals surface area contributed by atoms with Gasteiger partial charge in [0.05, 0.1) is 30.6 Å². The number of benzene rings is 1. The highest BCUT2D eigenvalue weighted by Crippen LogP contribution is 2.41. The number of methoxy groups -OCH3 is 1. The van der Waals surface area contributed by atoms with Crippen LogP contribution < -0.4 is 0 Å². The molecule has 0 aromatic heterocycles. The van der Waals surface area contributed by atoms with Gasteiger partial charge in [0, 0.05) is 6.54 Å². The number of amides is 1. The lowest BCUT2D eigenvalue weighted by Crippen LogP contribution is -2.39. The summed E-state index contributed by atoms with van der Waals surface area (Å²) in [7, 11) is 1.17. The zero-order valence-electron chi connectivity index (χ0n) is 12.8. The zero-order chi connectivity index (χ0) is 17.9. The normalized spacial score (nSPS) is 19.3. The van der Waals surface area contributed by atoms with Crippen LogP contribution in [0.3, 0.4) is 0 Å². The lowest BCUT2D eigenvalue weighted by Gasteiger charge is -2.24. The van der Waals surface area contributed by atoms with E-state index in [4.69, 9.17) is 5.26 Å². The van der Waals surface area contributed by atoms with E-state index in [9.17, 15) is 22.8 Å². The van der Waals surface area contributed by atoms with E-state index < -0.39 is 36.4 Å². The van der Waals surface area contributed by atoms with E-state index in [-0.39, 0.29) is 13.0 Å². The highest BCUT2D eigenvalue weighted by molar-refractivity contribution is 5.90. The fourth-order valence-electron chi connectivity index (χ4n) is 2.45. The monoisotopic (exact) mass is 340 g/mol. The predicted molar refractivity (Wildman–Crippen MR) is 76.2 cm³/mol. The molecule has 24 heavy (non-hydrogen) atoms. The molecule has 0 bridgehead atoms. The first-order valence-electron chi connectivity index (χ1n) is 7.17. The van der Waals surface area contributed by atoms with Crippen LogP contribution in [-0.4, -0.2) is 36.6 Å². The highest BCUT2D eigenvalue weighted by atomic mass is 19.4. The SMILES string of the molecule is COC(=O)[C@@H]1C[C@H]1C(=O)N(Cc1ccc(C#N)cc1)CC(F)(F)F. The number of hydrogen-bond donors (Lipinski definition) is 0. The van der Waals surface area contributed by atoms with Gasteiger partial charge in [-0.05, 0) is 24.1 Å². The molecule has 0 N–H and O–H groups in total. The molecule has 128 valence electrons. The lowest BCUT2D eigenvalue weighted by molar-refractivity contribution is -0.164. The Morgan fingerprint density at radius 3 is 2.42 bits per heavy atom. The predicted octanol–water partition coefficient (Wildman–Crippen LogP) is 2.26. The number of nitriles is 1. The minimum atomic E-state index is -4.54. The summed E-state index contributed by atoms with van der Waals surface area (Å²) >= 11 is 0. The Labute approximate surface area is 136 Å². The number of halogens is 3. The number of hydrogen-bond acceptors (Lipinski definition) is 4. The van der Waals surface area contributed by atoms with Crippen LogP contribution in [0, 0.1) is 23.2 Å². The molecule has 1 aromatic carbocycles. The lowest BCUT2D eigenvalue weighted by atomic mass is 10.1. The van der Waals surface area contributed by atoms with Gasteiger partial charge in [0.2, 0.25) is 5.91 Å². The van der Waals surface area contributed by atoms with Gasteiger partial charge in [-0.25, -0.2) is 0 Å². The Morgan fingerprint density at radius 1 is 1.29 bits per heavy atom. The minimum absolute atomic E-state index is 0.202. The molecule has 0 unspecified atom stereocenters. The maximum Gasteiger partial charge on any atom is 0.406 e. The van der Waals surface area contributed by atoms with Crippen LogP contribution in [0.2, 0.25) is 0 Å². The quantitative estimate of drug-likeness (QED) is 0.771. The van der Waals surface area contributed by atoms with Crippen LogP contribution in [0.4, 0.5) is 13.2 Å². The average molecular weight is 340 g/mol. The second kappa shape index (κ2) is 6.91. The molecule has 0 radical (unpaired) electrons. The van der Waals surface area contributed by atoms with Crippen molar-refractivity contribution in [1.82, 2.24) is 4.90 Å². The van der Waals surface area contributed by atoms with Gasteiger partial charge in [0.25, 0.3) is 0 Å². The van der Waals surface area contributed by atoms with Gasteiger partial charge in [-0.15, -0.1) is 0 Å². The van der Waals surface area contributed by atoms with E-state index in [0.717, 1.165) is 0 Å². The summed E-state index contributed by atoms with van der Waals surface area (Å²) in [6.07, 6.45) is -4.34. The van der Waals surface area contributed by atoms with E-state index in [2.05, 4.69) is 4.74 Å². The smallest absolute Gasteiger partial charge is 0.406 e. The fraction of sp³-hybridized carbons (Fsp3) is 0.438. The molecule has 0 heterocycles. The molecule has 5 nitrogen and oxygen atoms in total. The van der Waals surface area contributed by atoms with Gasteiger partial charge in [-0.1, -0.05) is 12.1 Å². The molecule has 0 aliphatic heterocycles. The third kappa shape index (κ3) is 4.47. The fourth-order valence-corrected chi connectivity index (χ4v) is 2.45.